The third-order valence-corrected chi connectivity index (χ3v) is 5.09. The first kappa shape index (κ1) is 18.9. The third-order valence-electron chi connectivity index (χ3n) is 5.09. The van der Waals surface area contributed by atoms with Gasteiger partial charge in [-0.25, -0.2) is 4.79 Å². The normalized spacial score (nSPS) is 20.6. The van der Waals surface area contributed by atoms with E-state index in [1.807, 2.05) is 32.0 Å². The summed E-state index contributed by atoms with van der Waals surface area (Å²) in [5.41, 5.74) is 2.84. The van der Waals surface area contributed by atoms with Crippen LogP contribution in [0.4, 0.5) is 10.5 Å². The molecular formula is C19H23N3O5. The summed E-state index contributed by atoms with van der Waals surface area (Å²) in [7, 11) is 0. The van der Waals surface area contributed by atoms with Gasteiger partial charge in [-0.2, -0.15) is 0 Å². The molecule has 2 fully saturated rings. The highest BCUT2D eigenvalue weighted by Gasteiger charge is 2.39. The Labute approximate surface area is 157 Å². The molecule has 0 unspecified atom stereocenters. The number of urea groups is 1. The molecule has 0 radical (unpaired) electrons. The van der Waals surface area contributed by atoms with Crippen molar-refractivity contribution in [2.24, 2.45) is 5.92 Å². The largest absolute Gasteiger partial charge is 0.452 e. The van der Waals surface area contributed by atoms with Gasteiger partial charge in [-0.3, -0.25) is 19.3 Å². The molecule has 0 saturated carbocycles. The Morgan fingerprint density at radius 2 is 2.00 bits per heavy atom. The summed E-state index contributed by atoms with van der Waals surface area (Å²) in [5.74, 6) is -1.95. The number of nitrogens with one attached hydrogen (secondary N) is 1. The van der Waals surface area contributed by atoms with Gasteiger partial charge in [0.1, 0.15) is 0 Å². The van der Waals surface area contributed by atoms with Gasteiger partial charge in [-0.15, -0.1) is 0 Å². The smallest absolute Gasteiger partial charge is 0.324 e. The molecule has 1 aromatic rings. The van der Waals surface area contributed by atoms with Gasteiger partial charge in [0.15, 0.2) is 6.10 Å². The monoisotopic (exact) mass is 373 g/mol. The van der Waals surface area contributed by atoms with E-state index in [-0.39, 0.29) is 25.4 Å². The minimum atomic E-state index is -1.08. The SMILES string of the molecule is Cc1cccc(N2C[C@@H](C(=O)O[C@@H](C)C(=O)N3CCNC3=O)CC2=O)c1C. The number of benzene rings is 1. The lowest BCUT2D eigenvalue weighted by Crippen LogP contribution is -2.42. The van der Waals surface area contributed by atoms with Gasteiger partial charge in [-0.05, 0) is 38.0 Å². The van der Waals surface area contributed by atoms with Crippen molar-refractivity contribution in [3.05, 3.63) is 29.3 Å². The molecule has 0 spiro atoms. The fourth-order valence-electron chi connectivity index (χ4n) is 3.35. The van der Waals surface area contributed by atoms with Crippen LogP contribution in [0.3, 0.4) is 0 Å². The van der Waals surface area contributed by atoms with Gasteiger partial charge in [0.25, 0.3) is 5.91 Å². The Morgan fingerprint density at radius 3 is 2.67 bits per heavy atom. The number of nitrogens with zero attached hydrogens (tertiary/aromatic N) is 2. The number of ether oxygens (including phenoxy) is 1. The van der Waals surface area contributed by atoms with Crippen LogP contribution >= 0.6 is 0 Å². The predicted octanol–water partition coefficient (Wildman–Crippen LogP) is 1.14. The molecule has 2 atom stereocenters. The summed E-state index contributed by atoms with van der Waals surface area (Å²) in [6.45, 7) is 6.19. The first-order valence-electron chi connectivity index (χ1n) is 8.96. The lowest BCUT2D eigenvalue weighted by Gasteiger charge is -2.21. The van der Waals surface area contributed by atoms with Crippen LogP contribution in [-0.2, 0) is 19.1 Å². The third kappa shape index (κ3) is 3.65. The van der Waals surface area contributed by atoms with Crippen LogP contribution in [0.1, 0.15) is 24.5 Å². The number of aryl methyl sites for hydroxylation is 1. The highest BCUT2D eigenvalue weighted by molar-refractivity contribution is 6.01. The number of carbonyl (C=O) groups is 4. The standard InChI is InChI=1S/C19H23N3O5/c1-11-5-4-6-15(12(11)2)22-10-14(9-16(22)23)18(25)27-13(3)17(24)21-8-7-20-19(21)26/h4-6,13-14H,7-10H2,1-3H3,(H,20,26)/t13-,14-/m0/s1. The van der Waals surface area contributed by atoms with Gasteiger partial charge < -0.3 is 15.0 Å². The predicted molar refractivity (Wildman–Crippen MR) is 97.0 cm³/mol. The van der Waals surface area contributed by atoms with E-state index in [9.17, 15) is 19.2 Å². The second-order valence-electron chi connectivity index (χ2n) is 6.93. The summed E-state index contributed by atoms with van der Waals surface area (Å²) in [4.78, 5) is 51.3. The van der Waals surface area contributed by atoms with E-state index in [0.717, 1.165) is 21.7 Å². The van der Waals surface area contributed by atoms with Crippen molar-refractivity contribution in [3.63, 3.8) is 0 Å². The van der Waals surface area contributed by atoms with E-state index in [0.29, 0.717) is 6.54 Å². The molecule has 4 amide bonds. The summed E-state index contributed by atoms with van der Waals surface area (Å²) in [5, 5.41) is 2.53. The molecule has 0 bridgehead atoms. The van der Waals surface area contributed by atoms with E-state index < -0.39 is 29.9 Å². The molecule has 2 aliphatic rings. The van der Waals surface area contributed by atoms with E-state index in [2.05, 4.69) is 5.32 Å². The molecule has 1 N–H and O–H groups in total. The van der Waals surface area contributed by atoms with Gasteiger partial charge in [-0.1, -0.05) is 12.1 Å². The zero-order chi connectivity index (χ0) is 19.7. The van der Waals surface area contributed by atoms with Crippen LogP contribution in [0, 0.1) is 19.8 Å². The van der Waals surface area contributed by atoms with Crippen LogP contribution < -0.4 is 10.2 Å². The maximum Gasteiger partial charge on any atom is 0.324 e. The number of hydrogen-bond donors (Lipinski definition) is 1. The van der Waals surface area contributed by atoms with E-state index in [1.54, 1.807) is 4.90 Å². The molecule has 8 nitrogen and oxygen atoms in total. The molecule has 2 aliphatic heterocycles. The minimum Gasteiger partial charge on any atom is -0.452 e. The maximum atomic E-state index is 12.5. The van der Waals surface area contributed by atoms with Crippen molar-refractivity contribution in [1.82, 2.24) is 10.2 Å². The van der Waals surface area contributed by atoms with Gasteiger partial charge in [0.2, 0.25) is 5.91 Å². The van der Waals surface area contributed by atoms with Crippen LogP contribution in [0.15, 0.2) is 18.2 Å². The Bertz CT molecular complexity index is 807. The van der Waals surface area contributed by atoms with Gasteiger partial charge in [0.05, 0.1) is 5.92 Å². The molecular weight excluding hydrogens is 350 g/mol. The first-order chi connectivity index (χ1) is 12.8. The molecule has 144 valence electrons. The lowest BCUT2D eigenvalue weighted by atomic mass is 10.1. The Balaban J connectivity index is 1.64. The van der Waals surface area contributed by atoms with Gasteiger partial charge in [0, 0.05) is 31.7 Å². The average Bonchev–Trinajstić information content (AvgIpc) is 3.22. The summed E-state index contributed by atoms with van der Waals surface area (Å²) >= 11 is 0. The van der Waals surface area contributed by atoms with Crippen molar-refractivity contribution in [1.29, 1.82) is 0 Å². The summed E-state index contributed by atoms with van der Waals surface area (Å²) in [6, 6.07) is 5.21. The van der Waals surface area contributed by atoms with Crippen LogP contribution in [-0.4, -0.2) is 54.5 Å². The summed E-state index contributed by atoms with van der Waals surface area (Å²) in [6.07, 6.45) is -1.04. The molecule has 1 aromatic carbocycles. The van der Waals surface area contributed by atoms with Crippen molar-refractivity contribution < 1.29 is 23.9 Å². The van der Waals surface area contributed by atoms with Crippen molar-refractivity contribution in [3.8, 4) is 0 Å². The minimum absolute atomic E-state index is 0.0390. The second kappa shape index (κ2) is 7.38. The number of hydrogen-bond acceptors (Lipinski definition) is 5. The number of amides is 4. The molecule has 3 rings (SSSR count). The number of esters is 1. The quantitative estimate of drug-likeness (QED) is 0.799. The number of anilines is 1. The Hall–Kier alpha value is -2.90. The Kier molecular flexibility index (Phi) is 5.16. The zero-order valence-corrected chi connectivity index (χ0v) is 15.7. The lowest BCUT2D eigenvalue weighted by molar-refractivity contribution is -0.160. The van der Waals surface area contributed by atoms with Crippen LogP contribution in [0.25, 0.3) is 0 Å². The van der Waals surface area contributed by atoms with Crippen molar-refractivity contribution in [2.75, 3.05) is 24.5 Å². The molecule has 0 aromatic heterocycles. The van der Waals surface area contributed by atoms with Crippen molar-refractivity contribution in [2.45, 2.75) is 33.3 Å². The topological polar surface area (TPSA) is 96.0 Å². The number of imide groups is 1. The first-order valence-corrected chi connectivity index (χ1v) is 8.96. The fourth-order valence-corrected chi connectivity index (χ4v) is 3.35. The van der Waals surface area contributed by atoms with Crippen LogP contribution in [0.5, 0.6) is 0 Å². The van der Waals surface area contributed by atoms with Crippen LogP contribution in [0.2, 0.25) is 0 Å². The van der Waals surface area contributed by atoms with E-state index in [1.165, 1.54) is 6.92 Å². The van der Waals surface area contributed by atoms with Crippen molar-refractivity contribution >= 4 is 29.5 Å². The second-order valence-corrected chi connectivity index (χ2v) is 6.93. The average molecular weight is 373 g/mol. The van der Waals surface area contributed by atoms with Gasteiger partial charge >= 0.3 is 12.0 Å². The number of carbonyl (C=O) groups excluding carboxylic acids is 4. The highest BCUT2D eigenvalue weighted by atomic mass is 16.5. The maximum absolute atomic E-state index is 12.5. The molecule has 2 heterocycles. The fraction of sp³-hybridized carbons (Fsp3) is 0.474. The van der Waals surface area contributed by atoms with E-state index >= 15 is 0 Å². The van der Waals surface area contributed by atoms with E-state index in [4.69, 9.17) is 4.74 Å². The molecule has 27 heavy (non-hydrogen) atoms. The molecule has 8 heteroatoms. The number of rotatable bonds is 4. The Morgan fingerprint density at radius 1 is 1.26 bits per heavy atom. The molecule has 0 aliphatic carbocycles. The zero-order valence-electron chi connectivity index (χ0n) is 15.7. The summed E-state index contributed by atoms with van der Waals surface area (Å²) < 4.78 is 5.25. The molecule has 2 saturated heterocycles. The highest BCUT2D eigenvalue weighted by Crippen LogP contribution is 2.30.